The highest BCUT2D eigenvalue weighted by Crippen LogP contribution is 2.21. The van der Waals surface area contributed by atoms with E-state index in [1.165, 1.54) is 12.5 Å². The van der Waals surface area contributed by atoms with E-state index in [1.54, 1.807) is 11.6 Å². The molecule has 2 aromatic rings. The van der Waals surface area contributed by atoms with Crippen LogP contribution in [0.1, 0.15) is 10.4 Å². The van der Waals surface area contributed by atoms with Crippen LogP contribution in [0.3, 0.4) is 0 Å². The quantitative estimate of drug-likeness (QED) is 0.842. The number of aryl methyl sites for hydroxylation is 1. The number of sulfonamides is 1. The van der Waals surface area contributed by atoms with E-state index >= 15 is 0 Å². The SMILES string of the molecule is Cn1cnc(S(=O)(=O)NCC(Br)c2ccccc2)c1. The van der Waals surface area contributed by atoms with Crippen molar-refractivity contribution in [3.8, 4) is 0 Å². The van der Waals surface area contributed by atoms with Crippen LogP contribution in [0.15, 0.2) is 47.9 Å². The number of halogens is 1. The summed E-state index contributed by atoms with van der Waals surface area (Å²) in [7, 11) is -1.83. The van der Waals surface area contributed by atoms with E-state index in [-0.39, 0.29) is 16.4 Å². The monoisotopic (exact) mass is 343 g/mol. The Morgan fingerprint density at radius 3 is 2.63 bits per heavy atom. The van der Waals surface area contributed by atoms with Gasteiger partial charge in [-0.3, -0.25) is 0 Å². The zero-order valence-electron chi connectivity index (χ0n) is 10.3. The first-order valence-corrected chi connectivity index (χ1v) is 8.05. The van der Waals surface area contributed by atoms with Crippen LogP contribution in [0, 0.1) is 0 Å². The average Bonchev–Trinajstić information content (AvgIpc) is 2.85. The molecule has 0 saturated heterocycles. The van der Waals surface area contributed by atoms with Crippen molar-refractivity contribution in [2.75, 3.05) is 6.54 Å². The largest absolute Gasteiger partial charge is 0.339 e. The van der Waals surface area contributed by atoms with Gasteiger partial charge in [0.05, 0.1) is 11.2 Å². The molecule has 7 heteroatoms. The van der Waals surface area contributed by atoms with Crippen LogP contribution in [-0.2, 0) is 17.1 Å². The van der Waals surface area contributed by atoms with Gasteiger partial charge in [0.15, 0.2) is 5.03 Å². The molecule has 0 aliphatic carbocycles. The topological polar surface area (TPSA) is 64.0 Å². The minimum atomic E-state index is -3.55. The van der Waals surface area contributed by atoms with E-state index in [0.29, 0.717) is 0 Å². The normalized spacial score (nSPS) is 13.4. The second kappa shape index (κ2) is 5.85. The molecule has 1 unspecified atom stereocenters. The van der Waals surface area contributed by atoms with Gasteiger partial charge in [-0.15, -0.1) is 0 Å². The van der Waals surface area contributed by atoms with Gasteiger partial charge in [-0.25, -0.2) is 18.1 Å². The number of nitrogens with one attached hydrogen (secondary N) is 1. The van der Waals surface area contributed by atoms with Gasteiger partial charge in [-0.05, 0) is 5.56 Å². The second-order valence-electron chi connectivity index (χ2n) is 4.11. The third kappa shape index (κ3) is 3.65. The lowest BCUT2D eigenvalue weighted by molar-refractivity contribution is 0.578. The molecule has 1 aromatic carbocycles. The summed E-state index contributed by atoms with van der Waals surface area (Å²) in [6.07, 6.45) is 2.92. The van der Waals surface area contributed by atoms with E-state index in [4.69, 9.17) is 0 Å². The molecule has 0 aliphatic rings. The number of hydrogen-bond acceptors (Lipinski definition) is 3. The summed E-state index contributed by atoms with van der Waals surface area (Å²) in [5.41, 5.74) is 1.02. The molecule has 1 aromatic heterocycles. The van der Waals surface area contributed by atoms with Crippen molar-refractivity contribution in [1.29, 1.82) is 0 Å². The Balaban J connectivity index is 2.03. The Hall–Kier alpha value is -1.18. The summed E-state index contributed by atoms with van der Waals surface area (Å²) in [6, 6.07) is 9.62. The molecule has 0 radical (unpaired) electrons. The van der Waals surface area contributed by atoms with Crippen molar-refractivity contribution in [1.82, 2.24) is 14.3 Å². The number of nitrogens with zero attached hydrogens (tertiary/aromatic N) is 2. The summed E-state index contributed by atoms with van der Waals surface area (Å²) < 4.78 is 28.1. The number of benzene rings is 1. The first kappa shape index (κ1) is 14.2. The molecule has 0 saturated carbocycles. The summed E-state index contributed by atoms with van der Waals surface area (Å²) in [4.78, 5) is 3.76. The Morgan fingerprint density at radius 1 is 1.37 bits per heavy atom. The fourth-order valence-corrected chi connectivity index (χ4v) is 3.27. The zero-order valence-corrected chi connectivity index (χ0v) is 12.7. The molecule has 0 fully saturated rings. The van der Waals surface area contributed by atoms with Gasteiger partial charge in [-0.2, -0.15) is 0 Å². The van der Waals surface area contributed by atoms with E-state index in [1.807, 2.05) is 30.3 Å². The van der Waals surface area contributed by atoms with Crippen LogP contribution in [0.25, 0.3) is 0 Å². The lowest BCUT2D eigenvalue weighted by atomic mass is 10.2. The Bertz CT molecular complexity index is 640. The van der Waals surface area contributed by atoms with Crippen LogP contribution >= 0.6 is 15.9 Å². The Morgan fingerprint density at radius 2 is 2.05 bits per heavy atom. The van der Waals surface area contributed by atoms with Crippen LogP contribution < -0.4 is 4.72 Å². The third-order valence-corrected chi connectivity index (χ3v) is 4.73. The fraction of sp³-hybridized carbons (Fsp3) is 0.250. The van der Waals surface area contributed by atoms with E-state index in [0.717, 1.165) is 5.56 Å². The first-order chi connectivity index (χ1) is 8.99. The molecule has 1 heterocycles. The van der Waals surface area contributed by atoms with Gasteiger partial charge in [0, 0.05) is 19.8 Å². The lowest BCUT2D eigenvalue weighted by Crippen LogP contribution is -2.27. The van der Waals surface area contributed by atoms with Crippen molar-refractivity contribution < 1.29 is 8.42 Å². The molecule has 0 amide bonds. The maximum atomic E-state index is 12.0. The molecule has 0 spiro atoms. The molecular weight excluding hydrogens is 330 g/mol. The Labute approximate surface area is 120 Å². The van der Waals surface area contributed by atoms with Gasteiger partial charge < -0.3 is 4.57 Å². The van der Waals surface area contributed by atoms with Crippen molar-refractivity contribution in [3.63, 3.8) is 0 Å². The smallest absolute Gasteiger partial charge is 0.259 e. The average molecular weight is 344 g/mol. The van der Waals surface area contributed by atoms with E-state index in [2.05, 4.69) is 25.6 Å². The number of rotatable bonds is 5. The number of alkyl halides is 1. The van der Waals surface area contributed by atoms with E-state index < -0.39 is 10.0 Å². The summed E-state index contributed by atoms with van der Waals surface area (Å²) in [5.74, 6) is 0. The summed E-state index contributed by atoms with van der Waals surface area (Å²) >= 11 is 3.46. The molecule has 102 valence electrons. The Kier molecular flexibility index (Phi) is 4.38. The van der Waals surface area contributed by atoms with Crippen molar-refractivity contribution >= 4 is 26.0 Å². The minimum absolute atomic E-state index is 0.0303. The van der Waals surface area contributed by atoms with Crippen molar-refractivity contribution in [3.05, 3.63) is 48.4 Å². The highest BCUT2D eigenvalue weighted by molar-refractivity contribution is 9.09. The predicted octanol–water partition coefficient (Wildman–Crippen LogP) is 1.83. The minimum Gasteiger partial charge on any atom is -0.339 e. The molecular formula is C12H14BrN3O2S. The number of hydrogen-bond donors (Lipinski definition) is 1. The molecule has 2 rings (SSSR count). The molecule has 0 aliphatic heterocycles. The van der Waals surface area contributed by atoms with Gasteiger partial charge in [-0.1, -0.05) is 46.3 Å². The van der Waals surface area contributed by atoms with Crippen molar-refractivity contribution in [2.45, 2.75) is 9.85 Å². The predicted molar refractivity (Wildman–Crippen MR) is 76.5 cm³/mol. The zero-order chi connectivity index (χ0) is 13.9. The molecule has 1 N–H and O–H groups in total. The maximum Gasteiger partial charge on any atom is 0.259 e. The molecule has 0 bridgehead atoms. The first-order valence-electron chi connectivity index (χ1n) is 5.66. The van der Waals surface area contributed by atoms with Crippen molar-refractivity contribution in [2.24, 2.45) is 7.05 Å². The van der Waals surface area contributed by atoms with Gasteiger partial charge in [0.1, 0.15) is 0 Å². The van der Waals surface area contributed by atoms with Gasteiger partial charge >= 0.3 is 0 Å². The molecule has 1 atom stereocenters. The number of aromatic nitrogens is 2. The second-order valence-corrected chi connectivity index (χ2v) is 6.93. The van der Waals surface area contributed by atoms with Crippen LogP contribution in [0.4, 0.5) is 0 Å². The van der Waals surface area contributed by atoms with Crippen LogP contribution in [-0.4, -0.2) is 24.5 Å². The number of imidazole rings is 1. The summed E-state index contributed by atoms with van der Waals surface area (Å²) in [6.45, 7) is 0.267. The summed E-state index contributed by atoms with van der Waals surface area (Å²) in [5, 5.41) is 0.0303. The molecule has 5 nitrogen and oxygen atoms in total. The standard InChI is InChI=1S/C12H14BrN3O2S/c1-16-8-12(14-9-16)19(17,18)15-7-11(13)10-5-3-2-4-6-10/h2-6,8-9,11,15H,7H2,1H3. The maximum absolute atomic E-state index is 12.0. The molecule has 19 heavy (non-hydrogen) atoms. The van der Waals surface area contributed by atoms with Gasteiger partial charge in [0.2, 0.25) is 0 Å². The lowest BCUT2D eigenvalue weighted by Gasteiger charge is -2.10. The van der Waals surface area contributed by atoms with E-state index in [9.17, 15) is 8.42 Å². The highest BCUT2D eigenvalue weighted by Gasteiger charge is 2.18. The fourth-order valence-electron chi connectivity index (χ4n) is 1.56. The highest BCUT2D eigenvalue weighted by atomic mass is 79.9. The third-order valence-electron chi connectivity index (χ3n) is 2.57. The van der Waals surface area contributed by atoms with Gasteiger partial charge in [0.25, 0.3) is 10.0 Å². The van der Waals surface area contributed by atoms with Crippen LogP contribution in [0.5, 0.6) is 0 Å². The van der Waals surface area contributed by atoms with Crippen LogP contribution in [0.2, 0.25) is 0 Å².